The van der Waals surface area contributed by atoms with Gasteiger partial charge in [0, 0.05) is 37.5 Å². The first-order valence-electron chi connectivity index (χ1n) is 6.68. The Morgan fingerprint density at radius 1 is 1.37 bits per heavy atom. The van der Waals surface area contributed by atoms with E-state index in [-0.39, 0.29) is 23.7 Å². The second-order valence-corrected chi connectivity index (χ2v) is 5.31. The van der Waals surface area contributed by atoms with Crippen molar-refractivity contribution in [3.8, 4) is 0 Å². The van der Waals surface area contributed by atoms with E-state index in [4.69, 9.17) is 0 Å². The lowest BCUT2D eigenvalue weighted by Gasteiger charge is -2.35. The summed E-state index contributed by atoms with van der Waals surface area (Å²) in [6.45, 7) is 3.04. The molecule has 19 heavy (non-hydrogen) atoms. The van der Waals surface area contributed by atoms with Crippen molar-refractivity contribution in [3.05, 3.63) is 35.6 Å². The molecule has 0 aromatic heterocycles. The van der Waals surface area contributed by atoms with E-state index in [0.29, 0.717) is 18.2 Å². The number of hydrogen-bond donors (Lipinski definition) is 2. The van der Waals surface area contributed by atoms with Gasteiger partial charge in [0.25, 0.3) is 0 Å². The van der Waals surface area contributed by atoms with E-state index in [1.165, 1.54) is 6.07 Å². The smallest absolute Gasteiger partial charge is 0.219 e. The van der Waals surface area contributed by atoms with Crippen LogP contribution in [-0.4, -0.2) is 29.9 Å². The number of likely N-dealkylation sites (tertiary alicyclic amines) is 1. The van der Waals surface area contributed by atoms with Gasteiger partial charge >= 0.3 is 0 Å². The molecular formula is C14H18FN3O. The van der Waals surface area contributed by atoms with Crippen LogP contribution in [0.1, 0.15) is 24.9 Å². The maximum atomic E-state index is 13.9. The number of halogens is 1. The number of hydrazine groups is 1. The number of nitrogens with one attached hydrogen (secondary N) is 2. The molecule has 2 heterocycles. The highest BCUT2D eigenvalue weighted by Gasteiger charge is 2.41. The Hall–Kier alpha value is -1.46. The first-order chi connectivity index (χ1) is 9.16. The van der Waals surface area contributed by atoms with Crippen LogP contribution in [0.3, 0.4) is 0 Å². The molecule has 0 aliphatic carbocycles. The molecule has 102 valence electrons. The molecule has 2 aliphatic heterocycles. The lowest BCUT2D eigenvalue weighted by atomic mass is 9.85. The van der Waals surface area contributed by atoms with Crippen LogP contribution >= 0.6 is 0 Å². The Kier molecular flexibility index (Phi) is 3.24. The molecule has 2 N–H and O–H groups in total. The zero-order valence-corrected chi connectivity index (χ0v) is 10.9. The van der Waals surface area contributed by atoms with Crippen molar-refractivity contribution in [2.24, 2.45) is 5.92 Å². The van der Waals surface area contributed by atoms with Crippen molar-refractivity contribution in [1.82, 2.24) is 15.8 Å². The van der Waals surface area contributed by atoms with E-state index in [1.807, 2.05) is 17.0 Å². The first-order valence-corrected chi connectivity index (χ1v) is 6.68. The molecule has 0 radical (unpaired) electrons. The fraction of sp³-hybridized carbons (Fsp3) is 0.500. The monoisotopic (exact) mass is 263 g/mol. The molecule has 2 saturated heterocycles. The van der Waals surface area contributed by atoms with Gasteiger partial charge in [0.1, 0.15) is 5.82 Å². The molecule has 2 aliphatic rings. The molecule has 5 heteroatoms. The number of amides is 1. The molecule has 1 aromatic carbocycles. The number of rotatable bonds is 1. The van der Waals surface area contributed by atoms with Gasteiger partial charge in [0.05, 0.1) is 6.04 Å². The Morgan fingerprint density at radius 3 is 2.89 bits per heavy atom. The van der Waals surface area contributed by atoms with Crippen molar-refractivity contribution >= 4 is 5.91 Å². The van der Waals surface area contributed by atoms with Crippen molar-refractivity contribution in [1.29, 1.82) is 0 Å². The van der Waals surface area contributed by atoms with Gasteiger partial charge in [-0.05, 0) is 12.5 Å². The predicted molar refractivity (Wildman–Crippen MR) is 69.6 cm³/mol. The van der Waals surface area contributed by atoms with Crippen LogP contribution in [0.5, 0.6) is 0 Å². The summed E-state index contributed by atoms with van der Waals surface area (Å²) >= 11 is 0. The number of hydrogen-bond acceptors (Lipinski definition) is 3. The molecule has 0 bridgehead atoms. The maximum absolute atomic E-state index is 13.9. The highest BCUT2D eigenvalue weighted by Crippen LogP contribution is 2.34. The lowest BCUT2D eigenvalue weighted by molar-refractivity contribution is -0.130. The van der Waals surface area contributed by atoms with Gasteiger partial charge in [-0.1, -0.05) is 18.2 Å². The molecule has 1 amide bonds. The van der Waals surface area contributed by atoms with Crippen LogP contribution in [-0.2, 0) is 4.79 Å². The minimum atomic E-state index is -0.192. The second-order valence-electron chi connectivity index (χ2n) is 5.31. The van der Waals surface area contributed by atoms with Crippen LogP contribution in [0.4, 0.5) is 4.39 Å². The second kappa shape index (κ2) is 4.90. The van der Waals surface area contributed by atoms with Crippen LogP contribution in [0.25, 0.3) is 0 Å². The Bertz CT molecular complexity index is 493. The SMILES string of the molecule is CC(=O)N1CCC2NNC(c3ccccc3F)C2C1. The zero-order chi connectivity index (χ0) is 13.4. The highest BCUT2D eigenvalue weighted by molar-refractivity contribution is 5.73. The summed E-state index contributed by atoms with van der Waals surface area (Å²) in [5.41, 5.74) is 7.10. The van der Waals surface area contributed by atoms with Crippen LogP contribution in [0.15, 0.2) is 24.3 Å². The largest absolute Gasteiger partial charge is 0.342 e. The van der Waals surface area contributed by atoms with Crippen molar-refractivity contribution in [2.45, 2.75) is 25.4 Å². The summed E-state index contributed by atoms with van der Waals surface area (Å²) in [6.07, 6.45) is 0.905. The number of fused-ring (bicyclic) bond motifs is 1. The predicted octanol–water partition coefficient (Wildman–Crippen LogP) is 1.21. The molecule has 3 unspecified atom stereocenters. The zero-order valence-electron chi connectivity index (χ0n) is 10.9. The van der Waals surface area contributed by atoms with E-state index in [0.717, 1.165) is 13.0 Å². The number of carbonyl (C=O) groups excluding carboxylic acids is 1. The fourth-order valence-electron chi connectivity index (χ4n) is 3.12. The summed E-state index contributed by atoms with van der Waals surface area (Å²) in [5.74, 6) is 0.120. The maximum Gasteiger partial charge on any atom is 0.219 e. The van der Waals surface area contributed by atoms with Crippen LogP contribution in [0.2, 0.25) is 0 Å². The third-order valence-corrected chi connectivity index (χ3v) is 4.20. The van der Waals surface area contributed by atoms with Gasteiger partial charge in [0.2, 0.25) is 5.91 Å². The molecule has 4 nitrogen and oxygen atoms in total. The minimum Gasteiger partial charge on any atom is -0.342 e. The average molecular weight is 263 g/mol. The van der Waals surface area contributed by atoms with Gasteiger partial charge < -0.3 is 4.90 Å². The summed E-state index contributed by atoms with van der Waals surface area (Å²) in [5, 5.41) is 0. The van der Waals surface area contributed by atoms with Gasteiger partial charge in [-0.25, -0.2) is 9.82 Å². The van der Waals surface area contributed by atoms with Gasteiger partial charge in [0.15, 0.2) is 0 Å². The summed E-state index contributed by atoms with van der Waals surface area (Å²) in [6, 6.07) is 7.06. The number of piperidine rings is 1. The van der Waals surface area contributed by atoms with Gasteiger partial charge in [-0.2, -0.15) is 0 Å². The Labute approximate surface area is 111 Å². The topological polar surface area (TPSA) is 44.4 Å². The molecule has 3 rings (SSSR count). The van der Waals surface area contributed by atoms with E-state index in [9.17, 15) is 9.18 Å². The fourth-order valence-corrected chi connectivity index (χ4v) is 3.12. The summed E-state index contributed by atoms with van der Waals surface area (Å²) in [4.78, 5) is 13.4. The van der Waals surface area contributed by atoms with E-state index in [2.05, 4.69) is 10.9 Å². The number of carbonyl (C=O) groups is 1. The Balaban J connectivity index is 1.84. The summed E-state index contributed by atoms with van der Waals surface area (Å²) < 4.78 is 13.9. The molecule has 3 atom stereocenters. The third kappa shape index (κ3) is 2.24. The summed E-state index contributed by atoms with van der Waals surface area (Å²) in [7, 11) is 0. The quantitative estimate of drug-likeness (QED) is 0.800. The molecule has 0 saturated carbocycles. The molecule has 2 fully saturated rings. The molecule has 0 spiro atoms. The standard InChI is InChI=1S/C14H18FN3O/c1-9(19)18-7-6-13-11(8-18)14(17-16-13)10-4-2-3-5-12(10)15/h2-5,11,13-14,16-17H,6-8H2,1H3. The van der Waals surface area contributed by atoms with Crippen molar-refractivity contribution in [3.63, 3.8) is 0 Å². The first kappa shape index (κ1) is 12.6. The third-order valence-electron chi connectivity index (χ3n) is 4.20. The lowest BCUT2D eigenvalue weighted by Crippen LogP contribution is -2.47. The molecule has 1 aromatic rings. The van der Waals surface area contributed by atoms with Crippen molar-refractivity contribution in [2.75, 3.05) is 13.1 Å². The Morgan fingerprint density at radius 2 is 2.16 bits per heavy atom. The van der Waals surface area contributed by atoms with E-state index < -0.39 is 0 Å². The van der Waals surface area contributed by atoms with Crippen LogP contribution in [0, 0.1) is 11.7 Å². The number of benzene rings is 1. The molecular weight excluding hydrogens is 245 g/mol. The minimum absolute atomic E-state index is 0.0756. The van der Waals surface area contributed by atoms with Crippen LogP contribution < -0.4 is 10.9 Å². The number of nitrogens with zero attached hydrogens (tertiary/aromatic N) is 1. The normalized spacial score (nSPS) is 30.2. The van der Waals surface area contributed by atoms with E-state index in [1.54, 1.807) is 13.0 Å². The van der Waals surface area contributed by atoms with E-state index >= 15 is 0 Å². The highest BCUT2D eigenvalue weighted by atomic mass is 19.1. The van der Waals surface area contributed by atoms with Crippen molar-refractivity contribution < 1.29 is 9.18 Å². The van der Waals surface area contributed by atoms with Gasteiger partial charge in [-0.3, -0.25) is 10.2 Å². The van der Waals surface area contributed by atoms with Gasteiger partial charge in [-0.15, -0.1) is 0 Å². The average Bonchev–Trinajstić information content (AvgIpc) is 2.82.